The molecule has 23 heavy (non-hydrogen) atoms. The first-order valence-corrected chi connectivity index (χ1v) is 8.14. The molecule has 5 heteroatoms. The number of aryl methyl sites for hydroxylation is 1. The summed E-state index contributed by atoms with van der Waals surface area (Å²) in [7, 11) is 3.68. The van der Waals surface area contributed by atoms with Crippen LogP contribution in [-0.2, 0) is 29.7 Å². The highest BCUT2D eigenvalue weighted by atomic mass is 16.5. The van der Waals surface area contributed by atoms with Crippen LogP contribution in [0.4, 0.5) is 0 Å². The Balaban J connectivity index is 1.56. The van der Waals surface area contributed by atoms with Crippen molar-refractivity contribution < 1.29 is 9.47 Å². The van der Waals surface area contributed by atoms with E-state index < -0.39 is 0 Å². The summed E-state index contributed by atoms with van der Waals surface area (Å²) in [6.07, 6.45) is 5.21. The monoisotopic (exact) mass is 315 g/mol. The van der Waals surface area contributed by atoms with Crippen molar-refractivity contribution in [1.82, 2.24) is 15.1 Å². The fourth-order valence-corrected chi connectivity index (χ4v) is 3.22. The van der Waals surface area contributed by atoms with Gasteiger partial charge in [0.2, 0.25) is 0 Å². The average Bonchev–Trinajstić information content (AvgIpc) is 3.18. The Bertz CT molecular complexity index is 626. The second-order valence-electron chi connectivity index (χ2n) is 6.12. The van der Waals surface area contributed by atoms with E-state index in [1.54, 1.807) is 7.11 Å². The number of aromatic nitrogens is 2. The van der Waals surface area contributed by atoms with Crippen molar-refractivity contribution in [1.29, 1.82) is 0 Å². The Morgan fingerprint density at radius 2 is 2.17 bits per heavy atom. The van der Waals surface area contributed by atoms with Crippen LogP contribution < -0.4 is 5.32 Å². The number of hydrogen-bond donors (Lipinski definition) is 1. The predicted octanol–water partition coefficient (Wildman–Crippen LogP) is 2.43. The van der Waals surface area contributed by atoms with Crippen LogP contribution in [0.25, 0.3) is 0 Å². The Kier molecular flexibility index (Phi) is 5.43. The lowest BCUT2D eigenvalue weighted by Gasteiger charge is -2.18. The molecule has 0 spiro atoms. The van der Waals surface area contributed by atoms with E-state index in [0.717, 1.165) is 26.1 Å². The Morgan fingerprint density at radius 1 is 1.35 bits per heavy atom. The van der Waals surface area contributed by atoms with Crippen LogP contribution in [0.2, 0.25) is 0 Å². The number of nitrogens with zero attached hydrogens (tertiary/aromatic N) is 2. The molecule has 1 aromatic carbocycles. The van der Waals surface area contributed by atoms with E-state index in [-0.39, 0.29) is 6.10 Å². The maximum atomic E-state index is 5.92. The summed E-state index contributed by atoms with van der Waals surface area (Å²) in [4.78, 5) is 0. The van der Waals surface area contributed by atoms with Crippen LogP contribution in [0, 0.1) is 5.92 Å². The lowest BCUT2D eigenvalue weighted by Crippen LogP contribution is -2.25. The molecule has 0 bridgehead atoms. The number of benzene rings is 1. The van der Waals surface area contributed by atoms with Gasteiger partial charge < -0.3 is 14.8 Å². The Morgan fingerprint density at radius 3 is 2.91 bits per heavy atom. The highest BCUT2D eigenvalue weighted by Gasteiger charge is 2.30. The summed E-state index contributed by atoms with van der Waals surface area (Å²) in [5, 5.41) is 7.84. The van der Waals surface area contributed by atoms with Gasteiger partial charge in [-0.05, 0) is 17.5 Å². The van der Waals surface area contributed by atoms with Gasteiger partial charge in [-0.25, -0.2) is 0 Å². The predicted molar refractivity (Wildman–Crippen MR) is 88.9 cm³/mol. The van der Waals surface area contributed by atoms with E-state index >= 15 is 0 Å². The zero-order valence-electron chi connectivity index (χ0n) is 13.9. The maximum Gasteiger partial charge on any atom is 0.0896 e. The third-order valence-corrected chi connectivity index (χ3v) is 4.41. The summed E-state index contributed by atoms with van der Waals surface area (Å²) < 4.78 is 13.0. The van der Waals surface area contributed by atoms with Crippen LogP contribution >= 0.6 is 0 Å². The minimum atomic E-state index is 0.158. The van der Waals surface area contributed by atoms with Gasteiger partial charge in [0.15, 0.2) is 0 Å². The molecule has 1 aromatic heterocycles. The summed E-state index contributed by atoms with van der Waals surface area (Å²) >= 11 is 0. The first-order chi connectivity index (χ1) is 11.3. The quantitative estimate of drug-likeness (QED) is 0.852. The van der Waals surface area contributed by atoms with Crippen molar-refractivity contribution in [3.8, 4) is 0 Å². The van der Waals surface area contributed by atoms with Crippen molar-refractivity contribution >= 4 is 0 Å². The summed E-state index contributed by atoms with van der Waals surface area (Å²) in [5.74, 6) is 0.494. The van der Waals surface area contributed by atoms with Gasteiger partial charge in [0.05, 0.1) is 18.9 Å². The van der Waals surface area contributed by atoms with Crippen LogP contribution in [0.5, 0.6) is 0 Å². The van der Waals surface area contributed by atoms with Crippen LogP contribution in [0.1, 0.15) is 29.2 Å². The molecule has 5 nitrogen and oxygen atoms in total. The molecule has 0 saturated carbocycles. The van der Waals surface area contributed by atoms with Crippen molar-refractivity contribution in [2.45, 2.75) is 25.7 Å². The average molecular weight is 315 g/mol. The molecule has 2 aromatic rings. The second kappa shape index (κ2) is 7.73. The van der Waals surface area contributed by atoms with Gasteiger partial charge in [0.25, 0.3) is 0 Å². The topological polar surface area (TPSA) is 48.3 Å². The molecule has 0 radical (unpaired) electrons. The molecule has 0 amide bonds. The molecule has 0 aliphatic carbocycles. The number of nitrogens with one attached hydrogen (secondary N) is 1. The van der Waals surface area contributed by atoms with Crippen molar-refractivity contribution in [3.63, 3.8) is 0 Å². The van der Waals surface area contributed by atoms with Crippen molar-refractivity contribution in [3.05, 3.63) is 53.3 Å². The number of rotatable bonds is 7. The molecule has 1 aliphatic heterocycles. The first kappa shape index (κ1) is 16.2. The smallest absolute Gasteiger partial charge is 0.0896 e. The minimum Gasteiger partial charge on any atom is -0.380 e. The number of methoxy groups -OCH3 is 1. The SMILES string of the molecule is COCc1ccccc1CNC[C@H]1CCO[C@@H]1c1cnn(C)c1. The molecule has 1 N–H and O–H groups in total. The molecule has 1 saturated heterocycles. The summed E-state index contributed by atoms with van der Waals surface area (Å²) in [6.45, 7) is 3.28. The molecule has 3 rings (SSSR count). The molecule has 0 unspecified atom stereocenters. The van der Waals surface area contributed by atoms with Crippen LogP contribution in [0.3, 0.4) is 0 Å². The standard InChI is InChI=1S/C18H25N3O2/c1-21-12-17(11-20-21)18-15(7-8-23-18)10-19-9-14-5-3-4-6-16(14)13-22-2/h3-6,11-12,15,18-19H,7-10,13H2,1-2H3/t15-,18+/m1/s1. The zero-order valence-corrected chi connectivity index (χ0v) is 13.9. The third kappa shape index (κ3) is 3.99. The van der Waals surface area contributed by atoms with Gasteiger partial charge in [0.1, 0.15) is 0 Å². The highest BCUT2D eigenvalue weighted by Crippen LogP contribution is 2.33. The number of hydrogen-bond acceptors (Lipinski definition) is 4. The lowest BCUT2D eigenvalue weighted by atomic mass is 9.97. The van der Waals surface area contributed by atoms with Crippen LogP contribution in [0.15, 0.2) is 36.7 Å². The van der Waals surface area contributed by atoms with Gasteiger partial charge in [-0.15, -0.1) is 0 Å². The largest absolute Gasteiger partial charge is 0.380 e. The third-order valence-electron chi connectivity index (χ3n) is 4.41. The Labute approximate surface area is 137 Å². The van der Waals surface area contributed by atoms with Gasteiger partial charge >= 0.3 is 0 Å². The molecule has 2 atom stereocenters. The van der Waals surface area contributed by atoms with Crippen molar-refractivity contribution in [2.24, 2.45) is 13.0 Å². The highest BCUT2D eigenvalue weighted by molar-refractivity contribution is 5.26. The number of ether oxygens (including phenoxy) is 2. The second-order valence-corrected chi connectivity index (χ2v) is 6.12. The van der Waals surface area contributed by atoms with Crippen LogP contribution in [-0.4, -0.2) is 30.0 Å². The van der Waals surface area contributed by atoms with E-state index in [9.17, 15) is 0 Å². The molecule has 1 aliphatic rings. The van der Waals surface area contributed by atoms with Crippen molar-refractivity contribution in [2.75, 3.05) is 20.3 Å². The first-order valence-electron chi connectivity index (χ1n) is 8.14. The van der Waals surface area contributed by atoms with Gasteiger partial charge in [-0.1, -0.05) is 24.3 Å². The molecule has 124 valence electrons. The Hall–Kier alpha value is -1.69. The molecular weight excluding hydrogens is 290 g/mol. The van der Waals surface area contributed by atoms with E-state index in [4.69, 9.17) is 9.47 Å². The van der Waals surface area contributed by atoms with E-state index in [0.29, 0.717) is 12.5 Å². The molecular formula is C18H25N3O2. The van der Waals surface area contributed by atoms with Gasteiger partial charge in [-0.3, -0.25) is 4.68 Å². The summed E-state index contributed by atoms with van der Waals surface area (Å²) in [6, 6.07) is 8.41. The normalized spacial score (nSPS) is 21.0. The maximum absolute atomic E-state index is 5.92. The lowest BCUT2D eigenvalue weighted by molar-refractivity contribution is 0.0904. The van der Waals surface area contributed by atoms with Gasteiger partial charge in [0, 0.05) is 51.5 Å². The minimum absolute atomic E-state index is 0.158. The molecule has 1 fully saturated rings. The molecule has 2 heterocycles. The fraction of sp³-hybridized carbons (Fsp3) is 0.500. The summed E-state index contributed by atoms with van der Waals surface area (Å²) in [5.41, 5.74) is 3.72. The zero-order chi connectivity index (χ0) is 16.1. The van der Waals surface area contributed by atoms with E-state index in [2.05, 4.69) is 40.9 Å². The van der Waals surface area contributed by atoms with E-state index in [1.165, 1.54) is 16.7 Å². The van der Waals surface area contributed by atoms with E-state index in [1.807, 2.05) is 17.9 Å². The van der Waals surface area contributed by atoms with Gasteiger partial charge in [-0.2, -0.15) is 5.10 Å². The fourth-order valence-electron chi connectivity index (χ4n) is 3.22.